The predicted octanol–water partition coefficient (Wildman–Crippen LogP) is 3.10. The van der Waals surface area contributed by atoms with E-state index in [9.17, 15) is 0 Å². The van der Waals surface area contributed by atoms with Crippen LogP contribution in [0.25, 0.3) is 0 Å². The highest BCUT2D eigenvalue weighted by Crippen LogP contribution is 2.43. The Morgan fingerprint density at radius 1 is 1.18 bits per heavy atom. The van der Waals surface area contributed by atoms with E-state index in [1.54, 1.807) is 32.1 Å². The molecule has 1 N–H and O–H groups in total. The van der Waals surface area contributed by atoms with Crippen LogP contribution >= 0.6 is 11.6 Å². The first kappa shape index (κ1) is 8.85. The molecule has 2 fully saturated rings. The second kappa shape index (κ2) is 3.96. The summed E-state index contributed by atoms with van der Waals surface area (Å²) in [6, 6.07) is 0. The highest BCUT2D eigenvalue weighted by Gasteiger charge is 2.30. The monoisotopic (exact) mass is 176 g/mol. The molecule has 11 heavy (non-hydrogen) atoms. The van der Waals surface area contributed by atoms with Crippen molar-refractivity contribution in [2.75, 3.05) is 0 Å². The van der Waals surface area contributed by atoms with Crippen molar-refractivity contribution >= 4 is 17.0 Å². The molecule has 0 aromatic carbocycles. The minimum absolute atomic E-state index is 1.17. The van der Waals surface area contributed by atoms with E-state index in [0.29, 0.717) is 0 Å². The van der Waals surface area contributed by atoms with E-state index < -0.39 is 5.43 Å². The zero-order valence-corrected chi connectivity index (χ0v) is 7.18. The first-order chi connectivity index (χ1) is 5.18. The second-order valence-corrected chi connectivity index (χ2v) is 3.70. The molecule has 2 nitrogen and oxygen atoms in total. The Morgan fingerprint density at radius 2 is 1.45 bits per heavy atom. The quantitative estimate of drug-likeness (QED) is 0.576. The lowest BCUT2D eigenvalue weighted by Crippen LogP contribution is -1.90. The van der Waals surface area contributed by atoms with E-state index in [4.69, 9.17) is 9.90 Å². The number of halogens is 1. The zero-order valence-electron chi connectivity index (χ0n) is 6.42. The van der Waals surface area contributed by atoms with Crippen molar-refractivity contribution in [2.45, 2.75) is 32.1 Å². The van der Waals surface area contributed by atoms with Gasteiger partial charge in [0.15, 0.2) is 0 Å². The van der Waals surface area contributed by atoms with Crippen molar-refractivity contribution in [1.29, 1.82) is 0 Å². The fraction of sp³-hybridized carbons (Fsp3) is 0.875. The van der Waals surface area contributed by atoms with Gasteiger partial charge >= 0.3 is 5.43 Å². The maximum atomic E-state index is 8.77. The summed E-state index contributed by atoms with van der Waals surface area (Å²) in [5.41, 5.74) is -1.36. The largest absolute Gasteiger partial charge is 0.469 e. The van der Waals surface area contributed by atoms with E-state index in [2.05, 4.69) is 11.6 Å². The van der Waals surface area contributed by atoms with Crippen LogP contribution in [0.4, 0.5) is 4.79 Å². The molecule has 2 rings (SSSR count). The summed E-state index contributed by atoms with van der Waals surface area (Å²) in [5, 5.41) is 7.18. The van der Waals surface area contributed by atoms with Gasteiger partial charge in [-0.3, -0.25) is 0 Å². The molecular weight excluding hydrogens is 164 g/mol. The molecule has 64 valence electrons. The summed E-state index contributed by atoms with van der Waals surface area (Å²) in [4.78, 5) is 8.77. The second-order valence-electron chi connectivity index (χ2n) is 3.38. The highest BCUT2D eigenvalue weighted by atomic mass is 35.5. The van der Waals surface area contributed by atoms with E-state index in [0.717, 1.165) is 0 Å². The SMILES string of the molecule is C1CC2CCC1C2.O=C(O)Cl. The van der Waals surface area contributed by atoms with Crippen molar-refractivity contribution in [1.82, 2.24) is 0 Å². The van der Waals surface area contributed by atoms with Gasteiger partial charge in [-0.15, -0.1) is 0 Å². The third-order valence-corrected chi connectivity index (χ3v) is 2.63. The molecule has 2 aliphatic carbocycles. The van der Waals surface area contributed by atoms with Gasteiger partial charge in [-0.2, -0.15) is 0 Å². The minimum atomic E-state index is -1.36. The molecule has 0 saturated heterocycles. The van der Waals surface area contributed by atoms with Crippen LogP contribution in [0.1, 0.15) is 32.1 Å². The lowest BCUT2D eigenvalue weighted by Gasteiger charge is -2.05. The Balaban J connectivity index is 0.000000134. The van der Waals surface area contributed by atoms with Crippen LogP contribution in [0, 0.1) is 11.8 Å². The van der Waals surface area contributed by atoms with Crippen LogP contribution in [-0.2, 0) is 0 Å². The van der Waals surface area contributed by atoms with Gasteiger partial charge in [0, 0.05) is 11.6 Å². The molecule has 3 heteroatoms. The smallest absolute Gasteiger partial charge is 0.401 e. The molecule has 0 aromatic heterocycles. The molecule has 0 heterocycles. The van der Waals surface area contributed by atoms with Gasteiger partial charge in [-0.1, -0.05) is 25.7 Å². The third kappa shape index (κ3) is 3.10. The van der Waals surface area contributed by atoms with Crippen LogP contribution < -0.4 is 0 Å². The Kier molecular flexibility index (Phi) is 3.18. The average molecular weight is 177 g/mol. The van der Waals surface area contributed by atoms with Gasteiger partial charge in [0.2, 0.25) is 0 Å². The molecule has 2 bridgehead atoms. The zero-order chi connectivity index (χ0) is 8.27. The lowest BCUT2D eigenvalue weighted by molar-refractivity contribution is 0.220. The molecule has 0 aromatic rings. The van der Waals surface area contributed by atoms with E-state index >= 15 is 0 Å². The molecule has 0 amide bonds. The molecule has 2 saturated carbocycles. The van der Waals surface area contributed by atoms with Gasteiger partial charge in [0.1, 0.15) is 0 Å². The van der Waals surface area contributed by atoms with Crippen LogP contribution in [-0.4, -0.2) is 10.5 Å². The topological polar surface area (TPSA) is 37.3 Å². The normalized spacial score (nSPS) is 32.8. The van der Waals surface area contributed by atoms with E-state index in [1.807, 2.05) is 0 Å². The van der Waals surface area contributed by atoms with Gasteiger partial charge in [0.05, 0.1) is 0 Å². The predicted molar refractivity (Wildman–Crippen MR) is 43.9 cm³/mol. The number of carbonyl (C=O) groups is 1. The van der Waals surface area contributed by atoms with Gasteiger partial charge in [-0.05, 0) is 18.3 Å². The maximum Gasteiger partial charge on any atom is 0.401 e. The van der Waals surface area contributed by atoms with Crippen molar-refractivity contribution < 1.29 is 9.90 Å². The highest BCUT2D eigenvalue weighted by molar-refractivity contribution is 6.60. The average Bonchev–Trinajstić information content (AvgIpc) is 2.45. The number of carboxylic acid groups (broad SMARTS) is 1. The van der Waals surface area contributed by atoms with Crippen molar-refractivity contribution in [2.24, 2.45) is 11.8 Å². The van der Waals surface area contributed by atoms with Crippen molar-refractivity contribution in [3.8, 4) is 0 Å². The Labute approximate surface area is 71.5 Å². The van der Waals surface area contributed by atoms with Gasteiger partial charge in [0.25, 0.3) is 0 Å². The standard InChI is InChI=1S/C7H12.CHClO2/c1-2-7-4-3-6(1)5-7;2-1(3)4/h6-7H,1-5H2;(H,3,4). The van der Waals surface area contributed by atoms with Crippen molar-refractivity contribution in [3.05, 3.63) is 0 Å². The first-order valence-corrected chi connectivity index (χ1v) is 4.44. The summed E-state index contributed by atoms with van der Waals surface area (Å²) in [7, 11) is 0. The molecule has 0 aliphatic heterocycles. The Morgan fingerprint density at radius 3 is 1.55 bits per heavy atom. The summed E-state index contributed by atoms with van der Waals surface area (Å²) >= 11 is 4.19. The molecule has 0 radical (unpaired) electrons. The molecule has 2 aliphatic rings. The lowest BCUT2D eigenvalue weighted by atomic mass is 10.0. The molecule has 0 unspecified atom stereocenters. The Bertz CT molecular complexity index is 125. The van der Waals surface area contributed by atoms with Crippen LogP contribution in [0.3, 0.4) is 0 Å². The molecule has 0 spiro atoms. The summed E-state index contributed by atoms with van der Waals surface area (Å²) in [6.45, 7) is 0. The van der Waals surface area contributed by atoms with E-state index in [1.165, 1.54) is 11.8 Å². The summed E-state index contributed by atoms with van der Waals surface area (Å²) in [5.74, 6) is 2.34. The fourth-order valence-electron chi connectivity index (χ4n) is 2.17. The Hall–Kier alpha value is -0.240. The summed E-state index contributed by atoms with van der Waals surface area (Å²) in [6.07, 6.45) is 7.82. The van der Waals surface area contributed by atoms with Crippen molar-refractivity contribution in [3.63, 3.8) is 0 Å². The van der Waals surface area contributed by atoms with Crippen LogP contribution in [0.2, 0.25) is 0 Å². The molecule has 0 atom stereocenters. The van der Waals surface area contributed by atoms with E-state index in [-0.39, 0.29) is 0 Å². The maximum absolute atomic E-state index is 8.77. The number of hydrogen-bond donors (Lipinski definition) is 1. The first-order valence-electron chi connectivity index (χ1n) is 4.07. The number of fused-ring (bicyclic) bond motifs is 2. The molecular formula is C8H13ClO2. The van der Waals surface area contributed by atoms with Gasteiger partial charge < -0.3 is 5.11 Å². The van der Waals surface area contributed by atoms with Gasteiger partial charge in [-0.25, -0.2) is 4.79 Å². The van der Waals surface area contributed by atoms with Crippen LogP contribution in [0.5, 0.6) is 0 Å². The number of hydrogen-bond acceptors (Lipinski definition) is 1. The third-order valence-electron chi connectivity index (χ3n) is 2.63. The number of rotatable bonds is 0. The van der Waals surface area contributed by atoms with Crippen LogP contribution in [0.15, 0.2) is 0 Å². The fourth-order valence-corrected chi connectivity index (χ4v) is 2.17. The summed E-state index contributed by atoms with van der Waals surface area (Å²) < 4.78 is 0. The minimum Gasteiger partial charge on any atom is -0.469 e.